The molecule has 0 aliphatic rings. The van der Waals surface area contributed by atoms with E-state index in [4.69, 9.17) is 38.1 Å². The summed E-state index contributed by atoms with van der Waals surface area (Å²) in [5.74, 6) is 1.06. The van der Waals surface area contributed by atoms with Crippen molar-refractivity contribution in [3.05, 3.63) is 40.4 Å². The van der Waals surface area contributed by atoms with Crippen LogP contribution in [0.25, 0.3) is 22.6 Å². The Morgan fingerprint density at radius 3 is 2.75 bits per heavy atom. The van der Waals surface area contributed by atoms with E-state index in [1.807, 2.05) is 12.1 Å². The van der Waals surface area contributed by atoms with Crippen molar-refractivity contribution in [1.29, 1.82) is 0 Å². The van der Waals surface area contributed by atoms with E-state index >= 15 is 0 Å². The Morgan fingerprint density at radius 2 is 2.00 bits per heavy atom. The van der Waals surface area contributed by atoms with Crippen LogP contribution in [-0.4, -0.2) is 12.1 Å². The van der Waals surface area contributed by atoms with E-state index in [0.717, 1.165) is 0 Å². The smallest absolute Gasteiger partial charge is 0.229 e. The molecular formula is C14H10Cl2N2O2. The molecule has 0 aliphatic carbocycles. The maximum atomic E-state index is 6.02. The molecule has 1 aromatic heterocycles. The fourth-order valence-corrected chi connectivity index (χ4v) is 2.40. The Kier molecular flexibility index (Phi) is 3.20. The molecule has 4 nitrogen and oxygen atoms in total. The van der Waals surface area contributed by atoms with E-state index < -0.39 is 0 Å². The van der Waals surface area contributed by atoms with Crippen LogP contribution in [0.15, 0.2) is 34.7 Å². The largest absolute Gasteiger partial charge is 0.497 e. The number of anilines is 1. The minimum absolute atomic E-state index is 0.368. The number of aromatic nitrogens is 1. The van der Waals surface area contributed by atoms with Gasteiger partial charge in [0.15, 0.2) is 5.58 Å². The van der Waals surface area contributed by atoms with Crippen molar-refractivity contribution in [3.63, 3.8) is 0 Å². The van der Waals surface area contributed by atoms with Gasteiger partial charge in [0, 0.05) is 11.1 Å². The average Bonchev–Trinajstić information content (AvgIpc) is 2.85. The molecule has 0 radical (unpaired) electrons. The normalized spacial score (nSPS) is 10.9. The van der Waals surface area contributed by atoms with Crippen LogP contribution in [-0.2, 0) is 0 Å². The molecule has 0 spiro atoms. The van der Waals surface area contributed by atoms with Gasteiger partial charge in [-0.3, -0.25) is 0 Å². The first-order valence-corrected chi connectivity index (χ1v) is 6.53. The highest BCUT2D eigenvalue weighted by Crippen LogP contribution is 2.36. The van der Waals surface area contributed by atoms with Crippen molar-refractivity contribution in [2.24, 2.45) is 0 Å². The van der Waals surface area contributed by atoms with Gasteiger partial charge in [0.1, 0.15) is 11.3 Å². The quantitative estimate of drug-likeness (QED) is 0.713. The first-order chi connectivity index (χ1) is 9.58. The fraction of sp³-hybridized carbons (Fsp3) is 0.0714. The van der Waals surface area contributed by atoms with Crippen molar-refractivity contribution in [2.75, 3.05) is 12.8 Å². The molecule has 0 saturated carbocycles. The van der Waals surface area contributed by atoms with Gasteiger partial charge in [-0.15, -0.1) is 0 Å². The predicted molar refractivity (Wildman–Crippen MR) is 80.4 cm³/mol. The summed E-state index contributed by atoms with van der Waals surface area (Å²) in [7, 11) is 1.59. The Balaban J connectivity index is 2.20. The second-order valence-corrected chi connectivity index (χ2v) is 5.05. The van der Waals surface area contributed by atoms with Crippen molar-refractivity contribution in [3.8, 4) is 17.2 Å². The Morgan fingerprint density at radius 1 is 1.20 bits per heavy atom. The monoisotopic (exact) mass is 308 g/mol. The standard InChI is InChI=1S/C14H10Cl2N2O2/c1-19-8-2-3-11-12(6-8)20-14(18-11)9-4-7(15)5-10(16)13(9)17/h2-6H,17H2,1H3. The number of nitrogens with two attached hydrogens (primary N) is 1. The van der Waals surface area contributed by atoms with Crippen LogP contribution in [0.1, 0.15) is 0 Å². The van der Waals surface area contributed by atoms with Gasteiger partial charge in [0.25, 0.3) is 0 Å². The number of ether oxygens (including phenoxy) is 1. The number of fused-ring (bicyclic) bond motifs is 1. The highest BCUT2D eigenvalue weighted by molar-refractivity contribution is 6.37. The lowest BCUT2D eigenvalue weighted by Crippen LogP contribution is -1.91. The lowest BCUT2D eigenvalue weighted by atomic mass is 10.2. The lowest BCUT2D eigenvalue weighted by molar-refractivity contribution is 0.414. The van der Waals surface area contributed by atoms with Gasteiger partial charge < -0.3 is 14.9 Å². The molecule has 2 aromatic carbocycles. The molecule has 0 unspecified atom stereocenters. The summed E-state index contributed by atoms with van der Waals surface area (Å²) in [6.45, 7) is 0. The molecule has 20 heavy (non-hydrogen) atoms. The zero-order valence-corrected chi connectivity index (χ0v) is 12.0. The topological polar surface area (TPSA) is 61.3 Å². The lowest BCUT2D eigenvalue weighted by Gasteiger charge is -2.04. The third-order valence-corrected chi connectivity index (χ3v) is 3.45. The summed E-state index contributed by atoms with van der Waals surface area (Å²) in [6, 6.07) is 8.62. The highest BCUT2D eigenvalue weighted by Gasteiger charge is 2.14. The number of nitrogen functional groups attached to an aromatic ring is 1. The minimum atomic E-state index is 0.368. The van der Waals surface area contributed by atoms with E-state index in [9.17, 15) is 0 Å². The summed E-state index contributed by atoms with van der Waals surface area (Å²) in [5, 5.41) is 0.839. The molecular weight excluding hydrogens is 299 g/mol. The number of hydrogen-bond acceptors (Lipinski definition) is 4. The number of rotatable bonds is 2. The van der Waals surface area contributed by atoms with E-state index in [2.05, 4.69) is 4.98 Å². The molecule has 0 atom stereocenters. The molecule has 6 heteroatoms. The summed E-state index contributed by atoms with van der Waals surface area (Å²) in [6.07, 6.45) is 0. The Labute approximate surface area is 125 Å². The third kappa shape index (κ3) is 2.17. The summed E-state index contributed by atoms with van der Waals surface area (Å²) < 4.78 is 10.8. The molecule has 102 valence electrons. The molecule has 0 fully saturated rings. The van der Waals surface area contributed by atoms with E-state index in [1.165, 1.54) is 0 Å². The molecule has 0 bridgehead atoms. The fourth-order valence-electron chi connectivity index (χ4n) is 1.91. The molecule has 3 aromatic rings. The van der Waals surface area contributed by atoms with Crippen molar-refractivity contribution < 1.29 is 9.15 Å². The molecule has 0 aliphatic heterocycles. The van der Waals surface area contributed by atoms with E-state index in [1.54, 1.807) is 25.3 Å². The van der Waals surface area contributed by atoms with Crippen molar-refractivity contribution in [2.45, 2.75) is 0 Å². The first kappa shape index (κ1) is 13.1. The summed E-state index contributed by atoms with van der Waals surface area (Å²) in [4.78, 5) is 4.38. The van der Waals surface area contributed by atoms with Gasteiger partial charge in [0.2, 0.25) is 5.89 Å². The minimum Gasteiger partial charge on any atom is -0.497 e. The number of benzene rings is 2. The van der Waals surface area contributed by atoms with Gasteiger partial charge in [0.05, 0.1) is 23.4 Å². The average molecular weight is 309 g/mol. The molecule has 2 N–H and O–H groups in total. The molecule has 1 heterocycles. The van der Waals surface area contributed by atoms with Crippen LogP contribution in [0.2, 0.25) is 10.0 Å². The second kappa shape index (κ2) is 4.89. The maximum Gasteiger partial charge on any atom is 0.229 e. The van der Waals surface area contributed by atoms with Crippen LogP contribution < -0.4 is 10.5 Å². The van der Waals surface area contributed by atoms with Gasteiger partial charge in [-0.05, 0) is 24.3 Å². The molecule has 0 saturated heterocycles. The molecule has 3 rings (SSSR count). The van der Waals surface area contributed by atoms with Crippen LogP contribution >= 0.6 is 23.2 Å². The first-order valence-electron chi connectivity index (χ1n) is 5.78. The van der Waals surface area contributed by atoms with Gasteiger partial charge >= 0.3 is 0 Å². The number of methoxy groups -OCH3 is 1. The van der Waals surface area contributed by atoms with Crippen molar-refractivity contribution >= 4 is 40.0 Å². The van der Waals surface area contributed by atoms with E-state index in [-0.39, 0.29) is 0 Å². The number of hydrogen-bond donors (Lipinski definition) is 1. The Hall–Kier alpha value is -1.91. The highest BCUT2D eigenvalue weighted by atomic mass is 35.5. The van der Waals surface area contributed by atoms with Crippen LogP contribution in [0.3, 0.4) is 0 Å². The summed E-state index contributed by atoms with van der Waals surface area (Å²) >= 11 is 12.0. The zero-order valence-electron chi connectivity index (χ0n) is 10.5. The maximum absolute atomic E-state index is 6.02. The zero-order chi connectivity index (χ0) is 14.3. The number of oxazole rings is 1. The van der Waals surface area contributed by atoms with Crippen LogP contribution in [0, 0.1) is 0 Å². The van der Waals surface area contributed by atoms with Crippen molar-refractivity contribution in [1.82, 2.24) is 4.98 Å². The van der Waals surface area contributed by atoms with E-state index in [0.29, 0.717) is 44.0 Å². The van der Waals surface area contributed by atoms with Gasteiger partial charge in [-0.25, -0.2) is 4.98 Å². The number of halogens is 2. The predicted octanol–water partition coefficient (Wildman–Crippen LogP) is 4.39. The van der Waals surface area contributed by atoms with Crippen LogP contribution in [0.4, 0.5) is 5.69 Å². The van der Waals surface area contributed by atoms with Gasteiger partial charge in [-0.2, -0.15) is 0 Å². The SMILES string of the molecule is COc1ccc2nc(-c3cc(Cl)cc(Cl)c3N)oc2c1. The van der Waals surface area contributed by atoms with Crippen LogP contribution in [0.5, 0.6) is 5.75 Å². The number of nitrogens with zero attached hydrogens (tertiary/aromatic N) is 1. The van der Waals surface area contributed by atoms with Gasteiger partial charge in [-0.1, -0.05) is 23.2 Å². The molecule has 0 amide bonds. The third-order valence-electron chi connectivity index (χ3n) is 2.92. The second-order valence-electron chi connectivity index (χ2n) is 4.20. The summed E-state index contributed by atoms with van der Waals surface area (Å²) in [5.41, 5.74) is 8.21. The Bertz CT molecular complexity index is 799.